The van der Waals surface area contributed by atoms with Crippen molar-refractivity contribution in [3.63, 3.8) is 0 Å². The second-order valence-corrected chi connectivity index (χ2v) is 8.92. The van der Waals surface area contributed by atoms with E-state index in [2.05, 4.69) is 0 Å². The van der Waals surface area contributed by atoms with Crippen molar-refractivity contribution >= 4 is 33.0 Å². The molecule has 3 aromatic rings. The van der Waals surface area contributed by atoms with Gasteiger partial charge in [0.2, 0.25) is 10.0 Å². The van der Waals surface area contributed by atoms with Gasteiger partial charge in [0.1, 0.15) is 5.82 Å². The van der Waals surface area contributed by atoms with E-state index in [1.54, 1.807) is 0 Å². The number of hydrogen-bond acceptors (Lipinski definition) is 3. The Hall–Kier alpha value is -1.67. The summed E-state index contributed by atoms with van der Waals surface area (Å²) in [4.78, 5) is 0.899. The van der Waals surface area contributed by atoms with Crippen LogP contribution in [0.3, 0.4) is 0 Å². The number of benzene rings is 1. The van der Waals surface area contributed by atoms with E-state index < -0.39 is 15.8 Å². The summed E-state index contributed by atoms with van der Waals surface area (Å²) in [7, 11) is -1.97. The zero-order valence-electron chi connectivity index (χ0n) is 13.4. The lowest BCUT2D eigenvalue weighted by Crippen LogP contribution is -2.30. The minimum atomic E-state index is -3.83. The molecular formula is C17H16ClFN2O2S2. The summed E-state index contributed by atoms with van der Waals surface area (Å²) in [5.41, 5.74) is 0.855. The lowest BCUT2D eigenvalue weighted by Gasteiger charge is -2.22. The Morgan fingerprint density at radius 2 is 2.00 bits per heavy atom. The van der Waals surface area contributed by atoms with E-state index >= 15 is 0 Å². The summed E-state index contributed by atoms with van der Waals surface area (Å²) in [6, 6.07) is 11.0. The first-order chi connectivity index (χ1) is 11.9. The third-order valence-corrected chi connectivity index (χ3v) is 6.77. The Labute approximate surface area is 155 Å². The van der Waals surface area contributed by atoms with Crippen molar-refractivity contribution < 1.29 is 12.8 Å². The van der Waals surface area contributed by atoms with Crippen LogP contribution >= 0.6 is 22.9 Å². The van der Waals surface area contributed by atoms with Crippen molar-refractivity contribution in [2.75, 3.05) is 0 Å². The molecule has 1 aromatic carbocycles. The highest BCUT2D eigenvalue weighted by Gasteiger charge is 2.26. The molecule has 0 bridgehead atoms. The fourth-order valence-electron chi connectivity index (χ4n) is 2.43. The molecule has 3 rings (SSSR count). The molecule has 0 N–H and O–H groups in total. The molecule has 0 saturated heterocycles. The van der Waals surface area contributed by atoms with Crippen LogP contribution in [0.2, 0.25) is 5.02 Å². The molecule has 0 radical (unpaired) electrons. The Morgan fingerprint density at radius 1 is 1.20 bits per heavy atom. The molecule has 0 aliphatic heterocycles. The van der Waals surface area contributed by atoms with Gasteiger partial charge >= 0.3 is 0 Å². The average Bonchev–Trinajstić information content (AvgIpc) is 3.21. The third kappa shape index (κ3) is 3.95. The maximum Gasteiger partial charge on any atom is 0.243 e. The van der Waals surface area contributed by atoms with Crippen molar-refractivity contribution in [1.29, 1.82) is 0 Å². The van der Waals surface area contributed by atoms with E-state index in [0.717, 1.165) is 22.7 Å². The van der Waals surface area contributed by atoms with Gasteiger partial charge in [0, 0.05) is 30.4 Å². The Bertz CT molecular complexity index is 968. The van der Waals surface area contributed by atoms with Gasteiger partial charge in [-0.25, -0.2) is 12.8 Å². The summed E-state index contributed by atoms with van der Waals surface area (Å²) < 4.78 is 42.9. The zero-order chi connectivity index (χ0) is 18.0. The summed E-state index contributed by atoms with van der Waals surface area (Å²) in [6.45, 7) is 0.443. The SMILES string of the molecule is Cn1cccc1CN(Cc1cccs1)S(=O)(=O)c1ccc(F)c(Cl)c1. The summed E-state index contributed by atoms with van der Waals surface area (Å²) >= 11 is 7.26. The highest BCUT2D eigenvalue weighted by Crippen LogP contribution is 2.26. The molecule has 0 saturated carbocycles. The first-order valence-corrected chi connectivity index (χ1v) is 10.2. The van der Waals surface area contributed by atoms with Gasteiger partial charge in [0.05, 0.1) is 16.5 Å². The molecule has 2 aromatic heterocycles. The van der Waals surface area contributed by atoms with Crippen molar-refractivity contribution in [3.05, 3.63) is 75.5 Å². The molecule has 0 spiro atoms. The summed E-state index contributed by atoms with van der Waals surface area (Å²) in [5.74, 6) is -0.646. The van der Waals surface area contributed by atoms with Gasteiger partial charge in [-0.3, -0.25) is 0 Å². The molecule has 0 fully saturated rings. The van der Waals surface area contributed by atoms with Crippen LogP contribution in [-0.2, 0) is 30.2 Å². The standard InChI is InChI=1S/C17H16ClFN2O2S2/c1-20-8-2-4-13(20)11-21(12-14-5-3-9-24-14)25(22,23)15-6-7-17(19)16(18)10-15/h2-10H,11-12H2,1H3. The summed E-state index contributed by atoms with van der Waals surface area (Å²) in [5, 5.41) is 1.69. The molecule has 0 atom stereocenters. The molecule has 4 nitrogen and oxygen atoms in total. The third-order valence-electron chi connectivity index (χ3n) is 3.83. The van der Waals surface area contributed by atoms with E-state index in [0.29, 0.717) is 0 Å². The van der Waals surface area contributed by atoms with E-state index in [4.69, 9.17) is 11.6 Å². The number of hydrogen-bond donors (Lipinski definition) is 0. The number of sulfonamides is 1. The molecule has 0 aliphatic carbocycles. The number of rotatable bonds is 6. The lowest BCUT2D eigenvalue weighted by molar-refractivity contribution is 0.395. The Kier molecular flexibility index (Phi) is 5.29. The van der Waals surface area contributed by atoms with E-state index in [1.807, 2.05) is 47.5 Å². The van der Waals surface area contributed by atoms with Crippen LogP contribution in [0.4, 0.5) is 4.39 Å². The van der Waals surface area contributed by atoms with Crippen LogP contribution in [0.25, 0.3) is 0 Å². The van der Waals surface area contributed by atoms with Crippen LogP contribution in [0.1, 0.15) is 10.6 Å². The van der Waals surface area contributed by atoms with Crippen molar-refractivity contribution in [1.82, 2.24) is 8.87 Å². The highest BCUT2D eigenvalue weighted by molar-refractivity contribution is 7.89. The fraction of sp³-hybridized carbons (Fsp3) is 0.176. The number of thiophene rings is 1. The maximum atomic E-state index is 13.4. The zero-order valence-corrected chi connectivity index (χ0v) is 15.8. The van der Waals surface area contributed by atoms with E-state index in [9.17, 15) is 12.8 Å². The second-order valence-electron chi connectivity index (χ2n) is 5.54. The van der Waals surface area contributed by atoms with Crippen molar-refractivity contribution in [3.8, 4) is 0 Å². The molecule has 0 unspecified atom stereocenters. The van der Waals surface area contributed by atoms with Gasteiger partial charge in [-0.15, -0.1) is 11.3 Å². The molecule has 132 valence electrons. The van der Waals surface area contributed by atoms with Crippen LogP contribution in [-0.4, -0.2) is 17.3 Å². The minimum Gasteiger partial charge on any atom is -0.353 e. The molecular weight excluding hydrogens is 383 g/mol. The second kappa shape index (κ2) is 7.29. The molecule has 0 amide bonds. The Balaban J connectivity index is 1.99. The normalized spacial score (nSPS) is 12.0. The number of halogens is 2. The number of nitrogens with zero attached hydrogens (tertiary/aromatic N) is 2. The largest absolute Gasteiger partial charge is 0.353 e. The van der Waals surface area contributed by atoms with E-state index in [-0.39, 0.29) is 23.0 Å². The first-order valence-electron chi connectivity index (χ1n) is 7.46. The van der Waals surface area contributed by atoms with Gasteiger partial charge in [-0.2, -0.15) is 4.31 Å². The average molecular weight is 399 g/mol. The van der Waals surface area contributed by atoms with Crippen LogP contribution in [0, 0.1) is 5.82 Å². The predicted octanol–water partition coefficient (Wildman–Crippen LogP) is 4.27. The number of aryl methyl sites for hydroxylation is 1. The molecule has 2 heterocycles. The van der Waals surface area contributed by atoms with Crippen LogP contribution < -0.4 is 0 Å². The quantitative estimate of drug-likeness (QED) is 0.622. The van der Waals surface area contributed by atoms with Gasteiger partial charge in [0.15, 0.2) is 0 Å². The van der Waals surface area contributed by atoms with Gasteiger partial charge in [-0.1, -0.05) is 17.7 Å². The lowest BCUT2D eigenvalue weighted by atomic mass is 10.3. The van der Waals surface area contributed by atoms with Gasteiger partial charge in [0.25, 0.3) is 0 Å². The number of aromatic nitrogens is 1. The molecule has 8 heteroatoms. The van der Waals surface area contributed by atoms with Gasteiger partial charge < -0.3 is 4.57 Å². The minimum absolute atomic E-state index is 0.0235. The highest BCUT2D eigenvalue weighted by atomic mass is 35.5. The molecule has 25 heavy (non-hydrogen) atoms. The van der Waals surface area contributed by atoms with Crippen molar-refractivity contribution in [2.24, 2.45) is 7.05 Å². The smallest absolute Gasteiger partial charge is 0.243 e. The first kappa shape index (κ1) is 18.1. The van der Waals surface area contributed by atoms with Crippen LogP contribution in [0.5, 0.6) is 0 Å². The van der Waals surface area contributed by atoms with E-state index in [1.165, 1.54) is 21.7 Å². The Morgan fingerprint density at radius 3 is 2.60 bits per heavy atom. The van der Waals surface area contributed by atoms with Gasteiger partial charge in [-0.05, 0) is 41.8 Å². The van der Waals surface area contributed by atoms with Crippen LogP contribution in [0.15, 0.2) is 58.9 Å². The maximum absolute atomic E-state index is 13.4. The predicted molar refractivity (Wildman–Crippen MR) is 97.6 cm³/mol. The van der Waals surface area contributed by atoms with Crippen molar-refractivity contribution in [2.45, 2.75) is 18.0 Å². The summed E-state index contributed by atoms with van der Waals surface area (Å²) in [6.07, 6.45) is 1.86. The fourth-order valence-corrected chi connectivity index (χ4v) is 4.89. The topological polar surface area (TPSA) is 42.3 Å². The molecule has 0 aliphatic rings. The monoisotopic (exact) mass is 398 g/mol.